The molecule has 0 aliphatic heterocycles. The lowest BCUT2D eigenvalue weighted by Gasteiger charge is -2.20. The number of carbonyl (C=O) groups excluding carboxylic acids is 1. The monoisotopic (exact) mass is 254 g/mol. The van der Waals surface area contributed by atoms with E-state index in [0.717, 1.165) is 17.7 Å². The third-order valence-corrected chi connectivity index (χ3v) is 4.23. The maximum atomic E-state index is 11.4. The van der Waals surface area contributed by atoms with Crippen LogP contribution in [0.25, 0.3) is 0 Å². The molecule has 1 atom stereocenters. The van der Waals surface area contributed by atoms with Gasteiger partial charge in [-0.2, -0.15) is 0 Å². The first-order valence-electron chi connectivity index (χ1n) is 6.04. The van der Waals surface area contributed by atoms with E-state index in [1.165, 1.54) is 16.9 Å². The Bertz CT molecular complexity index is 397. The largest absolute Gasteiger partial charge is 0.466 e. The Labute approximate surface area is 106 Å². The first-order chi connectivity index (χ1) is 8.24. The summed E-state index contributed by atoms with van der Waals surface area (Å²) in [6.07, 6.45) is 3.97. The summed E-state index contributed by atoms with van der Waals surface area (Å²) >= 11 is 1.73. The maximum absolute atomic E-state index is 11.4. The zero-order valence-electron chi connectivity index (χ0n) is 10.3. The van der Waals surface area contributed by atoms with E-state index >= 15 is 0 Å². The molecule has 17 heavy (non-hydrogen) atoms. The lowest BCUT2D eigenvalue weighted by Crippen LogP contribution is -2.08. The van der Waals surface area contributed by atoms with Gasteiger partial charge >= 0.3 is 5.97 Å². The van der Waals surface area contributed by atoms with Crippen molar-refractivity contribution in [1.82, 2.24) is 0 Å². The Kier molecular flexibility index (Phi) is 4.18. The molecular weight excluding hydrogens is 236 g/mol. The van der Waals surface area contributed by atoms with E-state index in [0.29, 0.717) is 13.0 Å². The molecule has 1 heterocycles. The van der Waals surface area contributed by atoms with Crippen LogP contribution in [-0.4, -0.2) is 19.7 Å². The maximum Gasteiger partial charge on any atom is 0.311 e. The lowest BCUT2D eigenvalue weighted by atomic mass is 9.96. The Morgan fingerprint density at radius 1 is 1.59 bits per heavy atom. The number of hydrogen-bond acceptors (Lipinski definition) is 4. The molecule has 0 saturated carbocycles. The van der Waals surface area contributed by atoms with Crippen LogP contribution in [0.5, 0.6) is 0 Å². The van der Waals surface area contributed by atoms with E-state index < -0.39 is 0 Å². The van der Waals surface area contributed by atoms with Crippen molar-refractivity contribution in [3.63, 3.8) is 0 Å². The molecular formula is C13H18O3S. The highest BCUT2D eigenvalue weighted by atomic mass is 32.1. The molecule has 2 rings (SSSR count). The van der Waals surface area contributed by atoms with Gasteiger partial charge in [0.25, 0.3) is 0 Å². The summed E-state index contributed by atoms with van der Waals surface area (Å²) in [6.45, 7) is 2.28. The molecule has 0 spiro atoms. The minimum absolute atomic E-state index is 0.139. The van der Waals surface area contributed by atoms with Gasteiger partial charge in [-0.3, -0.25) is 4.79 Å². The van der Waals surface area contributed by atoms with Crippen molar-refractivity contribution >= 4 is 17.3 Å². The van der Waals surface area contributed by atoms with Gasteiger partial charge in [0.1, 0.15) is 0 Å². The number of fused-ring (bicyclic) bond motifs is 1. The molecule has 1 aromatic heterocycles. The van der Waals surface area contributed by atoms with E-state index in [9.17, 15) is 4.79 Å². The van der Waals surface area contributed by atoms with Gasteiger partial charge in [-0.15, -0.1) is 11.3 Å². The van der Waals surface area contributed by atoms with Crippen molar-refractivity contribution < 1.29 is 14.3 Å². The molecule has 0 N–H and O–H groups in total. The molecule has 4 heteroatoms. The predicted octanol–water partition coefficient (Wildman–Crippen LogP) is 2.88. The van der Waals surface area contributed by atoms with Crippen molar-refractivity contribution in [2.75, 3.05) is 13.7 Å². The summed E-state index contributed by atoms with van der Waals surface area (Å²) in [5.74, 6) is -0.139. The zero-order valence-corrected chi connectivity index (χ0v) is 11.1. The predicted molar refractivity (Wildman–Crippen MR) is 67.3 cm³/mol. The van der Waals surface area contributed by atoms with E-state index in [4.69, 9.17) is 9.47 Å². The molecule has 0 saturated heterocycles. The summed E-state index contributed by atoms with van der Waals surface area (Å²) in [5, 5.41) is 0. The second-order valence-electron chi connectivity index (χ2n) is 4.19. The number of carbonyl (C=O) groups is 1. The Morgan fingerprint density at radius 2 is 2.41 bits per heavy atom. The van der Waals surface area contributed by atoms with Gasteiger partial charge in [-0.25, -0.2) is 0 Å². The fraction of sp³-hybridized carbons (Fsp3) is 0.615. The van der Waals surface area contributed by atoms with E-state index in [1.54, 1.807) is 18.4 Å². The molecule has 0 bridgehead atoms. The van der Waals surface area contributed by atoms with Crippen LogP contribution >= 0.6 is 11.3 Å². The van der Waals surface area contributed by atoms with Crippen LogP contribution in [0.3, 0.4) is 0 Å². The van der Waals surface area contributed by atoms with Gasteiger partial charge in [0.15, 0.2) is 0 Å². The molecule has 1 aliphatic rings. The fourth-order valence-electron chi connectivity index (χ4n) is 2.26. The fourth-order valence-corrected chi connectivity index (χ4v) is 3.51. The molecule has 1 unspecified atom stereocenters. The van der Waals surface area contributed by atoms with Gasteiger partial charge in [0.05, 0.1) is 19.1 Å². The van der Waals surface area contributed by atoms with Crippen LogP contribution in [0.1, 0.15) is 41.2 Å². The Balaban J connectivity index is 2.11. The van der Waals surface area contributed by atoms with Crippen molar-refractivity contribution in [3.05, 3.63) is 21.4 Å². The van der Waals surface area contributed by atoms with E-state index in [1.807, 2.05) is 6.92 Å². The molecule has 0 amide bonds. The summed E-state index contributed by atoms with van der Waals surface area (Å²) in [6, 6.07) is 2.12. The normalized spacial score (nSPS) is 18.8. The van der Waals surface area contributed by atoms with Crippen molar-refractivity contribution in [3.8, 4) is 0 Å². The molecule has 0 radical (unpaired) electrons. The standard InChI is InChI=1S/C13H18O3S/c1-3-16-13(14)8-9-7-10-11(15-2)5-4-6-12(10)17-9/h7,11H,3-6,8H2,1-2H3. The van der Waals surface area contributed by atoms with Crippen molar-refractivity contribution in [2.45, 2.75) is 38.7 Å². The van der Waals surface area contributed by atoms with Gasteiger partial charge in [-0.05, 0) is 37.8 Å². The van der Waals surface area contributed by atoms with E-state index in [-0.39, 0.29) is 12.1 Å². The second-order valence-corrected chi connectivity index (χ2v) is 5.41. The molecule has 3 nitrogen and oxygen atoms in total. The van der Waals surface area contributed by atoms with Gasteiger partial charge < -0.3 is 9.47 Å². The first-order valence-corrected chi connectivity index (χ1v) is 6.86. The molecule has 94 valence electrons. The number of aryl methyl sites for hydroxylation is 1. The van der Waals surface area contributed by atoms with Crippen LogP contribution in [0.15, 0.2) is 6.07 Å². The second kappa shape index (κ2) is 5.65. The summed E-state index contributed by atoms with van der Waals surface area (Å²) in [7, 11) is 1.75. The number of thiophene rings is 1. The van der Waals surface area contributed by atoms with Crippen LogP contribution in [0.2, 0.25) is 0 Å². The topological polar surface area (TPSA) is 35.5 Å². The summed E-state index contributed by atoms with van der Waals surface area (Å²) in [5.41, 5.74) is 1.28. The number of hydrogen-bond donors (Lipinski definition) is 0. The van der Waals surface area contributed by atoms with Crippen molar-refractivity contribution in [1.29, 1.82) is 0 Å². The van der Waals surface area contributed by atoms with Crippen LogP contribution in [0.4, 0.5) is 0 Å². The smallest absolute Gasteiger partial charge is 0.311 e. The van der Waals surface area contributed by atoms with Crippen LogP contribution in [-0.2, 0) is 27.1 Å². The lowest BCUT2D eigenvalue weighted by molar-refractivity contribution is -0.142. The molecule has 0 aromatic carbocycles. The van der Waals surface area contributed by atoms with Gasteiger partial charge in [0, 0.05) is 16.9 Å². The highest BCUT2D eigenvalue weighted by molar-refractivity contribution is 7.12. The average Bonchev–Trinajstić information content (AvgIpc) is 2.70. The molecule has 1 aromatic rings. The summed E-state index contributed by atoms with van der Waals surface area (Å²) in [4.78, 5) is 13.9. The average molecular weight is 254 g/mol. The number of esters is 1. The third-order valence-electron chi connectivity index (χ3n) is 3.02. The molecule has 0 fully saturated rings. The van der Waals surface area contributed by atoms with Crippen LogP contribution < -0.4 is 0 Å². The quantitative estimate of drug-likeness (QED) is 0.775. The highest BCUT2D eigenvalue weighted by Crippen LogP contribution is 2.37. The zero-order chi connectivity index (χ0) is 12.3. The first kappa shape index (κ1) is 12.6. The van der Waals surface area contributed by atoms with Gasteiger partial charge in [0.2, 0.25) is 0 Å². The number of methoxy groups -OCH3 is 1. The van der Waals surface area contributed by atoms with E-state index in [2.05, 4.69) is 6.07 Å². The minimum Gasteiger partial charge on any atom is -0.466 e. The Morgan fingerprint density at radius 3 is 3.12 bits per heavy atom. The molecule has 1 aliphatic carbocycles. The number of rotatable bonds is 4. The summed E-state index contributed by atoms with van der Waals surface area (Å²) < 4.78 is 10.4. The van der Waals surface area contributed by atoms with Crippen molar-refractivity contribution in [2.24, 2.45) is 0 Å². The van der Waals surface area contributed by atoms with Gasteiger partial charge in [-0.1, -0.05) is 0 Å². The SMILES string of the molecule is CCOC(=O)Cc1cc2c(s1)CCCC2OC. The minimum atomic E-state index is -0.139. The highest BCUT2D eigenvalue weighted by Gasteiger charge is 2.23. The number of ether oxygens (including phenoxy) is 2. The van der Waals surface area contributed by atoms with Crippen LogP contribution in [0, 0.1) is 0 Å². The Hall–Kier alpha value is -0.870. The third kappa shape index (κ3) is 2.87.